The third kappa shape index (κ3) is 7.12. The Bertz CT molecular complexity index is 1390. The lowest BCUT2D eigenvalue weighted by molar-refractivity contribution is -0.114. The second-order valence-electron chi connectivity index (χ2n) is 8.83. The van der Waals surface area contributed by atoms with E-state index in [4.69, 9.17) is 9.47 Å². The molecule has 2 amide bonds. The summed E-state index contributed by atoms with van der Waals surface area (Å²) in [6.07, 6.45) is 1.76. The number of halogens is 1. The molecule has 206 valence electrons. The molecule has 11 heteroatoms. The Hall–Kier alpha value is -3.96. The van der Waals surface area contributed by atoms with Crippen molar-refractivity contribution in [3.8, 4) is 5.75 Å². The molecular weight excluding hydrogens is 525 g/mol. The van der Waals surface area contributed by atoms with Crippen LogP contribution in [0.5, 0.6) is 5.75 Å². The lowest BCUT2D eigenvalue weighted by Gasteiger charge is -2.24. The van der Waals surface area contributed by atoms with Crippen molar-refractivity contribution < 1.29 is 31.9 Å². The number of carbonyl (C=O) groups excluding carboxylic acids is 2. The zero-order valence-corrected chi connectivity index (χ0v) is 22.2. The largest absolute Gasteiger partial charge is 0.494 e. The van der Waals surface area contributed by atoms with Crippen LogP contribution in [0, 0.1) is 5.82 Å². The molecule has 1 heterocycles. The van der Waals surface area contributed by atoms with Crippen LogP contribution in [0.25, 0.3) is 0 Å². The van der Waals surface area contributed by atoms with Gasteiger partial charge in [0.05, 0.1) is 34.5 Å². The van der Waals surface area contributed by atoms with Crippen LogP contribution < -0.4 is 19.7 Å². The quantitative estimate of drug-likeness (QED) is 0.370. The van der Waals surface area contributed by atoms with Crippen LogP contribution in [-0.4, -0.2) is 52.6 Å². The van der Waals surface area contributed by atoms with Gasteiger partial charge < -0.3 is 20.1 Å². The minimum atomic E-state index is -4.23. The van der Waals surface area contributed by atoms with E-state index in [1.807, 2.05) is 6.92 Å². The van der Waals surface area contributed by atoms with Crippen molar-refractivity contribution in [2.24, 2.45) is 0 Å². The summed E-state index contributed by atoms with van der Waals surface area (Å²) in [6, 6.07) is 17.0. The van der Waals surface area contributed by atoms with Crippen molar-refractivity contribution in [1.82, 2.24) is 5.32 Å². The summed E-state index contributed by atoms with van der Waals surface area (Å²) >= 11 is 0. The highest BCUT2D eigenvalue weighted by Gasteiger charge is 2.28. The summed E-state index contributed by atoms with van der Waals surface area (Å²) in [5.41, 5.74) is 0.555. The summed E-state index contributed by atoms with van der Waals surface area (Å²) in [5.74, 6) is -1.13. The summed E-state index contributed by atoms with van der Waals surface area (Å²) in [4.78, 5) is 25.9. The summed E-state index contributed by atoms with van der Waals surface area (Å²) < 4.78 is 52.6. The third-order valence-corrected chi connectivity index (χ3v) is 7.87. The van der Waals surface area contributed by atoms with Crippen LogP contribution in [0.15, 0.2) is 77.7 Å². The number of rotatable bonds is 11. The molecule has 0 bridgehead atoms. The normalized spacial score (nSPS) is 15.0. The molecular formula is C28H30FN3O6S. The number of amides is 2. The van der Waals surface area contributed by atoms with E-state index in [-0.39, 0.29) is 33.8 Å². The Morgan fingerprint density at radius 1 is 1.05 bits per heavy atom. The number of benzene rings is 3. The average molecular weight is 556 g/mol. The van der Waals surface area contributed by atoms with Gasteiger partial charge in [-0.25, -0.2) is 12.8 Å². The summed E-state index contributed by atoms with van der Waals surface area (Å²) in [7, 11) is -4.23. The maximum Gasteiger partial charge on any atom is 0.264 e. The molecule has 1 atom stereocenters. The van der Waals surface area contributed by atoms with E-state index in [2.05, 4.69) is 10.6 Å². The fourth-order valence-corrected chi connectivity index (χ4v) is 5.56. The van der Waals surface area contributed by atoms with Crippen molar-refractivity contribution in [1.29, 1.82) is 0 Å². The molecule has 39 heavy (non-hydrogen) atoms. The predicted molar refractivity (Wildman–Crippen MR) is 145 cm³/mol. The lowest BCUT2D eigenvalue weighted by Crippen LogP contribution is -2.38. The van der Waals surface area contributed by atoms with Gasteiger partial charge in [-0.3, -0.25) is 13.9 Å². The van der Waals surface area contributed by atoms with Crippen molar-refractivity contribution in [3.63, 3.8) is 0 Å². The molecule has 3 aromatic carbocycles. The zero-order chi connectivity index (χ0) is 27.8. The molecule has 0 radical (unpaired) electrons. The molecule has 4 rings (SSSR count). The van der Waals surface area contributed by atoms with Gasteiger partial charge >= 0.3 is 0 Å². The molecule has 1 saturated heterocycles. The molecule has 1 aliphatic rings. The molecule has 3 aromatic rings. The first-order chi connectivity index (χ1) is 18.8. The Labute approximate surface area is 227 Å². The molecule has 0 unspecified atom stereocenters. The molecule has 0 aromatic heterocycles. The maximum absolute atomic E-state index is 13.6. The predicted octanol–water partition coefficient (Wildman–Crippen LogP) is 3.97. The van der Waals surface area contributed by atoms with Crippen LogP contribution in [0.2, 0.25) is 0 Å². The SMILES string of the molecule is CCOc1ccc(S(=O)(=O)N(CC(=O)Nc2ccccc2C(=O)NC[C@@H]2CCCO2)c2ccc(F)cc2)cc1. The topological polar surface area (TPSA) is 114 Å². The second kappa shape index (κ2) is 12.7. The summed E-state index contributed by atoms with van der Waals surface area (Å²) in [5, 5.41) is 5.47. The van der Waals surface area contributed by atoms with E-state index in [0.29, 0.717) is 25.5 Å². The lowest BCUT2D eigenvalue weighted by atomic mass is 10.1. The molecule has 1 aliphatic heterocycles. The fraction of sp³-hybridized carbons (Fsp3) is 0.286. The second-order valence-corrected chi connectivity index (χ2v) is 10.7. The minimum absolute atomic E-state index is 0.0484. The van der Waals surface area contributed by atoms with Crippen molar-refractivity contribution in [2.75, 3.05) is 35.9 Å². The van der Waals surface area contributed by atoms with Gasteiger partial charge in [0.15, 0.2) is 0 Å². The molecule has 0 saturated carbocycles. The molecule has 9 nitrogen and oxygen atoms in total. The number of nitrogens with one attached hydrogen (secondary N) is 2. The smallest absolute Gasteiger partial charge is 0.264 e. The van der Waals surface area contributed by atoms with Crippen LogP contribution >= 0.6 is 0 Å². The number of nitrogens with zero attached hydrogens (tertiary/aromatic N) is 1. The standard InChI is InChI=1S/C28H30FN3O6S/c1-2-37-22-13-15-24(16-14-22)39(35,36)32(21-11-9-20(29)10-12-21)19-27(33)31-26-8-4-3-7-25(26)28(34)30-18-23-6-5-17-38-23/h3-4,7-16,23H,2,5-6,17-19H2,1H3,(H,30,34)(H,31,33)/t23-/m0/s1. The minimum Gasteiger partial charge on any atom is -0.494 e. The van der Waals surface area contributed by atoms with Crippen molar-refractivity contribution >= 4 is 33.2 Å². The summed E-state index contributed by atoms with van der Waals surface area (Å²) in [6.45, 7) is 2.62. The number of ether oxygens (including phenoxy) is 2. The highest BCUT2D eigenvalue weighted by Crippen LogP contribution is 2.26. The number of anilines is 2. The van der Waals surface area contributed by atoms with Gasteiger partial charge in [-0.15, -0.1) is 0 Å². The Kier molecular flexibility index (Phi) is 9.15. The van der Waals surface area contributed by atoms with E-state index in [1.54, 1.807) is 24.3 Å². The molecule has 2 N–H and O–H groups in total. The average Bonchev–Trinajstić information content (AvgIpc) is 3.46. The Morgan fingerprint density at radius 3 is 2.44 bits per heavy atom. The number of hydrogen-bond donors (Lipinski definition) is 2. The number of hydrogen-bond acceptors (Lipinski definition) is 6. The number of para-hydroxylation sites is 1. The van der Waals surface area contributed by atoms with Gasteiger partial charge in [0.25, 0.3) is 15.9 Å². The highest BCUT2D eigenvalue weighted by molar-refractivity contribution is 7.92. The highest BCUT2D eigenvalue weighted by atomic mass is 32.2. The molecule has 1 fully saturated rings. The Morgan fingerprint density at radius 2 is 1.77 bits per heavy atom. The molecule has 0 aliphatic carbocycles. The van der Waals surface area contributed by atoms with Gasteiger partial charge in [0, 0.05) is 13.2 Å². The first kappa shape index (κ1) is 28.1. The van der Waals surface area contributed by atoms with Gasteiger partial charge in [0.2, 0.25) is 5.91 Å². The first-order valence-corrected chi connectivity index (χ1v) is 14.0. The first-order valence-electron chi connectivity index (χ1n) is 12.6. The zero-order valence-electron chi connectivity index (χ0n) is 21.4. The van der Waals surface area contributed by atoms with Crippen LogP contribution in [0.4, 0.5) is 15.8 Å². The van der Waals surface area contributed by atoms with Crippen molar-refractivity contribution in [3.05, 3.63) is 84.2 Å². The van der Waals surface area contributed by atoms with E-state index in [9.17, 15) is 22.4 Å². The third-order valence-electron chi connectivity index (χ3n) is 6.08. The van der Waals surface area contributed by atoms with Gasteiger partial charge in [0.1, 0.15) is 18.1 Å². The van der Waals surface area contributed by atoms with Gasteiger partial charge in [-0.2, -0.15) is 0 Å². The number of sulfonamides is 1. The number of carbonyl (C=O) groups is 2. The Balaban J connectivity index is 1.54. The van der Waals surface area contributed by atoms with Crippen molar-refractivity contribution in [2.45, 2.75) is 30.8 Å². The maximum atomic E-state index is 13.6. The van der Waals surface area contributed by atoms with E-state index in [0.717, 1.165) is 29.3 Å². The van der Waals surface area contributed by atoms with Gasteiger partial charge in [-0.05, 0) is 80.4 Å². The van der Waals surface area contributed by atoms with E-state index in [1.165, 1.54) is 36.4 Å². The van der Waals surface area contributed by atoms with E-state index >= 15 is 0 Å². The van der Waals surface area contributed by atoms with Crippen LogP contribution in [0.3, 0.4) is 0 Å². The molecule has 0 spiro atoms. The van der Waals surface area contributed by atoms with Crippen LogP contribution in [0.1, 0.15) is 30.1 Å². The van der Waals surface area contributed by atoms with E-state index < -0.39 is 28.3 Å². The van der Waals surface area contributed by atoms with Gasteiger partial charge in [-0.1, -0.05) is 12.1 Å². The fourth-order valence-electron chi connectivity index (χ4n) is 4.14. The monoisotopic (exact) mass is 555 g/mol. The van der Waals surface area contributed by atoms with Crippen LogP contribution in [-0.2, 0) is 19.6 Å².